The summed E-state index contributed by atoms with van der Waals surface area (Å²) in [6.45, 7) is 3.57. The van der Waals surface area contributed by atoms with E-state index in [0.717, 1.165) is 32.2 Å². The number of carbonyl (C=O) groups is 1. The molecule has 0 spiro atoms. The monoisotopic (exact) mass is 369 g/mol. The van der Waals surface area contributed by atoms with Crippen molar-refractivity contribution in [3.05, 3.63) is 34.6 Å². The molecule has 3 heterocycles. The van der Waals surface area contributed by atoms with Gasteiger partial charge in [-0.3, -0.25) is 19.5 Å². The Morgan fingerprint density at radius 1 is 1.15 bits per heavy atom. The van der Waals surface area contributed by atoms with Crippen molar-refractivity contribution in [3.8, 4) is 0 Å². The molecule has 1 aliphatic heterocycles. The number of aromatic amines is 1. The Balaban J connectivity index is 1.30. The Morgan fingerprint density at radius 2 is 1.93 bits per heavy atom. The van der Waals surface area contributed by atoms with Gasteiger partial charge in [0, 0.05) is 51.3 Å². The van der Waals surface area contributed by atoms with Crippen LogP contribution in [0, 0.1) is 0 Å². The van der Waals surface area contributed by atoms with Gasteiger partial charge in [-0.25, -0.2) is 4.98 Å². The number of hydrogen-bond acceptors (Lipinski definition) is 5. The number of aromatic nitrogens is 3. The second-order valence-electron chi connectivity index (χ2n) is 7.61. The SMILES string of the molecule is O=C(CCc1nc2cnccc2c(=O)[nH]1)N1CCN(C2CCCCC2)CC1. The molecule has 7 heteroatoms. The number of hydrogen-bond donors (Lipinski definition) is 1. The first-order chi connectivity index (χ1) is 13.2. The molecule has 0 atom stereocenters. The van der Waals surface area contributed by atoms with Crippen molar-refractivity contribution >= 4 is 16.8 Å². The highest BCUT2D eigenvalue weighted by Crippen LogP contribution is 2.23. The van der Waals surface area contributed by atoms with Gasteiger partial charge in [0.2, 0.25) is 5.91 Å². The van der Waals surface area contributed by atoms with Crippen LogP contribution in [0.1, 0.15) is 44.3 Å². The van der Waals surface area contributed by atoms with Crippen molar-refractivity contribution in [2.75, 3.05) is 26.2 Å². The van der Waals surface area contributed by atoms with Gasteiger partial charge in [0.15, 0.2) is 0 Å². The Hall–Kier alpha value is -2.28. The first-order valence-electron chi connectivity index (χ1n) is 10.1. The summed E-state index contributed by atoms with van der Waals surface area (Å²) in [5.74, 6) is 0.696. The standard InChI is InChI=1S/C20H27N5O2/c26-19(25-12-10-24(11-13-25)15-4-2-1-3-5-15)7-6-18-22-17-14-21-9-8-16(17)20(27)23-18/h8-9,14-15H,1-7,10-13H2,(H,22,23,27). The Morgan fingerprint density at radius 3 is 2.70 bits per heavy atom. The van der Waals surface area contributed by atoms with Gasteiger partial charge in [-0.1, -0.05) is 19.3 Å². The van der Waals surface area contributed by atoms with Crippen molar-refractivity contribution in [1.82, 2.24) is 24.8 Å². The molecule has 144 valence electrons. The average molecular weight is 369 g/mol. The Labute approximate surface area is 158 Å². The summed E-state index contributed by atoms with van der Waals surface area (Å²) < 4.78 is 0. The number of rotatable bonds is 4. The first kappa shape index (κ1) is 18.1. The zero-order valence-corrected chi connectivity index (χ0v) is 15.7. The molecule has 2 aliphatic rings. The summed E-state index contributed by atoms with van der Waals surface area (Å²) in [6.07, 6.45) is 10.7. The molecule has 1 amide bonds. The van der Waals surface area contributed by atoms with Gasteiger partial charge in [0.05, 0.1) is 17.1 Å². The second-order valence-corrected chi connectivity index (χ2v) is 7.61. The second kappa shape index (κ2) is 8.17. The quantitative estimate of drug-likeness (QED) is 0.887. The van der Waals surface area contributed by atoms with Crippen LogP contribution in [0.2, 0.25) is 0 Å². The summed E-state index contributed by atoms with van der Waals surface area (Å²) in [5.41, 5.74) is 0.399. The van der Waals surface area contributed by atoms with E-state index in [-0.39, 0.29) is 11.5 Å². The minimum atomic E-state index is -0.175. The molecule has 0 unspecified atom stereocenters. The molecule has 1 aliphatic carbocycles. The molecule has 0 radical (unpaired) electrons. The van der Waals surface area contributed by atoms with Crippen LogP contribution in [0.25, 0.3) is 10.9 Å². The predicted molar refractivity (Wildman–Crippen MR) is 104 cm³/mol. The number of nitrogens with zero attached hydrogens (tertiary/aromatic N) is 4. The van der Waals surface area contributed by atoms with Gasteiger partial charge in [-0.15, -0.1) is 0 Å². The summed E-state index contributed by atoms with van der Waals surface area (Å²) >= 11 is 0. The van der Waals surface area contributed by atoms with E-state index in [4.69, 9.17) is 0 Å². The highest BCUT2D eigenvalue weighted by atomic mass is 16.2. The zero-order valence-electron chi connectivity index (χ0n) is 15.7. The van der Waals surface area contributed by atoms with Crippen LogP contribution in [-0.4, -0.2) is 62.9 Å². The average Bonchev–Trinajstić information content (AvgIpc) is 2.73. The molecule has 0 aromatic carbocycles. The summed E-state index contributed by atoms with van der Waals surface area (Å²) in [5, 5.41) is 0.527. The van der Waals surface area contributed by atoms with E-state index in [1.165, 1.54) is 32.1 Å². The van der Waals surface area contributed by atoms with Gasteiger partial charge in [-0.05, 0) is 18.9 Å². The van der Waals surface area contributed by atoms with E-state index in [1.807, 2.05) is 4.90 Å². The molecular formula is C20H27N5O2. The lowest BCUT2D eigenvalue weighted by molar-refractivity contribution is -0.133. The van der Waals surface area contributed by atoms with Crippen molar-refractivity contribution in [2.45, 2.75) is 51.0 Å². The maximum atomic E-state index is 12.6. The third-order valence-corrected chi connectivity index (χ3v) is 5.89. The molecule has 2 aromatic rings. The molecule has 1 saturated heterocycles. The minimum Gasteiger partial charge on any atom is -0.340 e. The normalized spacial score (nSPS) is 19.5. The number of H-pyrrole nitrogens is 1. The molecule has 1 saturated carbocycles. The molecule has 1 N–H and O–H groups in total. The fraction of sp³-hybridized carbons (Fsp3) is 0.600. The van der Waals surface area contributed by atoms with E-state index in [1.54, 1.807) is 18.5 Å². The van der Waals surface area contributed by atoms with Gasteiger partial charge in [0.1, 0.15) is 5.82 Å². The van der Waals surface area contributed by atoms with Crippen LogP contribution in [-0.2, 0) is 11.2 Å². The topological polar surface area (TPSA) is 82.2 Å². The molecule has 4 rings (SSSR count). The Bertz CT molecular complexity index is 851. The summed E-state index contributed by atoms with van der Waals surface area (Å²) in [6, 6.07) is 2.37. The summed E-state index contributed by atoms with van der Waals surface area (Å²) in [7, 11) is 0. The van der Waals surface area contributed by atoms with Crippen molar-refractivity contribution in [2.24, 2.45) is 0 Å². The lowest BCUT2D eigenvalue weighted by atomic mass is 9.94. The largest absolute Gasteiger partial charge is 0.340 e. The molecule has 0 bridgehead atoms. The van der Waals surface area contributed by atoms with Crippen molar-refractivity contribution < 1.29 is 4.79 Å². The minimum absolute atomic E-state index is 0.146. The highest BCUT2D eigenvalue weighted by molar-refractivity contribution is 5.77. The maximum Gasteiger partial charge on any atom is 0.258 e. The number of nitrogens with one attached hydrogen (secondary N) is 1. The predicted octanol–water partition coefficient (Wildman–Crippen LogP) is 1.73. The lowest BCUT2D eigenvalue weighted by Crippen LogP contribution is -2.52. The van der Waals surface area contributed by atoms with Gasteiger partial charge in [-0.2, -0.15) is 0 Å². The van der Waals surface area contributed by atoms with E-state index >= 15 is 0 Å². The number of piperazine rings is 1. The fourth-order valence-corrected chi connectivity index (χ4v) is 4.32. The van der Waals surface area contributed by atoms with E-state index < -0.39 is 0 Å². The highest BCUT2D eigenvalue weighted by Gasteiger charge is 2.26. The van der Waals surface area contributed by atoms with Crippen LogP contribution in [0.5, 0.6) is 0 Å². The number of aryl methyl sites for hydroxylation is 1. The van der Waals surface area contributed by atoms with Crippen LogP contribution in [0.3, 0.4) is 0 Å². The molecular weight excluding hydrogens is 342 g/mol. The van der Waals surface area contributed by atoms with E-state index in [9.17, 15) is 9.59 Å². The molecule has 2 fully saturated rings. The number of pyridine rings is 1. The summed E-state index contributed by atoms with van der Waals surface area (Å²) in [4.78, 5) is 40.4. The fourth-order valence-electron chi connectivity index (χ4n) is 4.32. The Kier molecular flexibility index (Phi) is 5.48. The van der Waals surface area contributed by atoms with Crippen molar-refractivity contribution in [3.63, 3.8) is 0 Å². The molecule has 27 heavy (non-hydrogen) atoms. The molecule has 7 nitrogen and oxygen atoms in total. The smallest absolute Gasteiger partial charge is 0.258 e. The van der Waals surface area contributed by atoms with Gasteiger partial charge in [0.25, 0.3) is 5.56 Å². The van der Waals surface area contributed by atoms with Gasteiger partial charge >= 0.3 is 0 Å². The number of fused-ring (bicyclic) bond motifs is 1. The number of carbonyl (C=O) groups excluding carboxylic acids is 1. The number of amides is 1. The van der Waals surface area contributed by atoms with Crippen LogP contribution in [0.4, 0.5) is 0 Å². The van der Waals surface area contributed by atoms with Gasteiger partial charge < -0.3 is 9.88 Å². The first-order valence-corrected chi connectivity index (χ1v) is 10.1. The maximum absolute atomic E-state index is 12.6. The lowest BCUT2D eigenvalue weighted by Gasteiger charge is -2.40. The van der Waals surface area contributed by atoms with Crippen LogP contribution < -0.4 is 5.56 Å². The van der Waals surface area contributed by atoms with Crippen LogP contribution in [0.15, 0.2) is 23.3 Å². The van der Waals surface area contributed by atoms with Crippen LogP contribution >= 0.6 is 0 Å². The van der Waals surface area contributed by atoms with E-state index in [2.05, 4.69) is 19.9 Å². The van der Waals surface area contributed by atoms with Crippen molar-refractivity contribution in [1.29, 1.82) is 0 Å². The third-order valence-electron chi connectivity index (χ3n) is 5.89. The van der Waals surface area contributed by atoms with E-state index in [0.29, 0.717) is 29.6 Å². The molecule has 2 aromatic heterocycles. The third kappa shape index (κ3) is 4.18. The zero-order chi connectivity index (χ0) is 18.6.